The summed E-state index contributed by atoms with van der Waals surface area (Å²) in [6.07, 6.45) is 2.33. The van der Waals surface area contributed by atoms with Gasteiger partial charge in [-0.05, 0) is 55.4 Å². The van der Waals surface area contributed by atoms with Gasteiger partial charge in [-0.1, -0.05) is 47.1 Å². The predicted octanol–water partition coefficient (Wildman–Crippen LogP) is 3.14. The summed E-state index contributed by atoms with van der Waals surface area (Å²) >= 11 is 0. The molecule has 4 saturated carbocycles. The van der Waals surface area contributed by atoms with Crippen LogP contribution < -0.4 is 0 Å². The lowest BCUT2D eigenvalue weighted by Crippen LogP contribution is -2.85. The van der Waals surface area contributed by atoms with E-state index in [-0.39, 0.29) is 29.7 Å². The SMILES string of the molecule is C=C1C(=O)[C@]23[C@H](OC(=O)C(CCC)CCC)[C@H]1CC[C@H]2[C@@]12CO[C@@]3(O)[C@@H](O)[C@@H]1C(C)(C)CC[C@@H]2O. The fourth-order valence-corrected chi connectivity index (χ4v) is 9.34. The first-order valence-electron chi connectivity index (χ1n) is 13.6. The molecule has 2 heterocycles. The van der Waals surface area contributed by atoms with E-state index in [4.69, 9.17) is 9.47 Å². The summed E-state index contributed by atoms with van der Waals surface area (Å²) in [6, 6.07) is 0. The molecule has 9 atom stereocenters. The third-order valence-corrected chi connectivity index (χ3v) is 10.7. The Labute approximate surface area is 208 Å². The molecule has 0 aromatic rings. The van der Waals surface area contributed by atoms with E-state index in [0.717, 1.165) is 12.8 Å². The average molecular weight is 491 g/mol. The van der Waals surface area contributed by atoms with Gasteiger partial charge in [0, 0.05) is 17.3 Å². The second-order valence-electron chi connectivity index (χ2n) is 12.7. The fourth-order valence-electron chi connectivity index (χ4n) is 9.34. The van der Waals surface area contributed by atoms with Gasteiger partial charge in [-0.2, -0.15) is 0 Å². The minimum absolute atomic E-state index is 0.0711. The van der Waals surface area contributed by atoms with Crippen molar-refractivity contribution in [3.8, 4) is 0 Å². The predicted molar refractivity (Wildman–Crippen MR) is 128 cm³/mol. The Bertz CT molecular complexity index is 922. The maximum Gasteiger partial charge on any atom is 0.309 e. The number of carbonyl (C=O) groups is 2. The van der Waals surface area contributed by atoms with Gasteiger partial charge in [0.05, 0.1) is 18.6 Å². The van der Waals surface area contributed by atoms with Crippen LogP contribution in [0.5, 0.6) is 0 Å². The van der Waals surface area contributed by atoms with Gasteiger partial charge in [0.2, 0.25) is 5.79 Å². The van der Waals surface area contributed by atoms with Crippen LogP contribution in [0.1, 0.15) is 79.1 Å². The number of ether oxygens (including phenoxy) is 2. The minimum atomic E-state index is -2.20. The molecule has 2 saturated heterocycles. The van der Waals surface area contributed by atoms with Crippen LogP contribution in [0.3, 0.4) is 0 Å². The molecule has 0 aromatic heterocycles. The summed E-state index contributed by atoms with van der Waals surface area (Å²) in [6.45, 7) is 12.3. The number of carbonyl (C=O) groups excluding carboxylic acids is 2. The van der Waals surface area contributed by atoms with Crippen molar-refractivity contribution in [2.75, 3.05) is 6.61 Å². The van der Waals surface area contributed by atoms with Crippen molar-refractivity contribution in [2.45, 2.75) is 103 Å². The maximum absolute atomic E-state index is 14.1. The minimum Gasteiger partial charge on any atom is -0.460 e. The summed E-state index contributed by atoms with van der Waals surface area (Å²) in [4.78, 5) is 27.6. The Morgan fingerprint density at radius 2 is 1.83 bits per heavy atom. The van der Waals surface area contributed by atoms with Crippen LogP contribution in [-0.2, 0) is 19.1 Å². The topological polar surface area (TPSA) is 113 Å². The van der Waals surface area contributed by atoms with Crippen molar-refractivity contribution >= 4 is 11.8 Å². The van der Waals surface area contributed by atoms with Crippen molar-refractivity contribution in [3.05, 3.63) is 12.2 Å². The number of ketones is 1. The lowest BCUT2D eigenvalue weighted by Gasteiger charge is -2.74. The first-order valence-corrected chi connectivity index (χ1v) is 13.6. The Kier molecular flexibility index (Phi) is 5.88. The molecule has 6 rings (SSSR count). The first-order chi connectivity index (χ1) is 16.4. The molecule has 7 heteroatoms. The van der Waals surface area contributed by atoms with E-state index in [1.165, 1.54) is 0 Å². The van der Waals surface area contributed by atoms with Gasteiger partial charge >= 0.3 is 5.97 Å². The fraction of sp³-hybridized carbons (Fsp3) is 0.857. The standard InChI is InChI=1S/C28H42O7/c1-6-8-16(9-7-2)24(32)35-23-17-10-11-18-26-14-34-28(33,27(18,23)21(30)15(17)3)22(31)20(26)25(4,5)13-12-19(26)29/h16-20,22-23,29,31,33H,3,6-14H2,1-2,4-5H3/t17-,18-,19-,20+,22-,23+,26+,27-,28-/m0/s1. The van der Waals surface area contributed by atoms with E-state index in [1.807, 2.05) is 13.8 Å². The number of hydrogen-bond acceptors (Lipinski definition) is 7. The van der Waals surface area contributed by atoms with Crippen molar-refractivity contribution in [3.63, 3.8) is 0 Å². The number of aliphatic hydroxyl groups is 3. The molecule has 196 valence electrons. The number of aliphatic hydroxyl groups excluding tert-OH is 2. The van der Waals surface area contributed by atoms with E-state index < -0.39 is 52.7 Å². The third-order valence-electron chi connectivity index (χ3n) is 10.7. The maximum atomic E-state index is 14.1. The zero-order valence-electron chi connectivity index (χ0n) is 21.6. The van der Waals surface area contributed by atoms with Gasteiger partial charge in [-0.15, -0.1) is 0 Å². The Balaban J connectivity index is 1.66. The Hall–Kier alpha value is -1.28. The number of hydrogen-bond donors (Lipinski definition) is 3. The van der Waals surface area contributed by atoms with Crippen LogP contribution in [0.15, 0.2) is 12.2 Å². The van der Waals surface area contributed by atoms with Gasteiger partial charge in [0.25, 0.3) is 0 Å². The molecule has 2 aliphatic heterocycles. The highest BCUT2D eigenvalue weighted by Gasteiger charge is 2.87. The second-order valence-corrected chi connectivity index (χ2v) is 12.7. The Morgan fingerprint density at radius 1 is 1.17 bits per heavy atom. The molecule has 0 radical (unpaired) electrons. The van der Waals surface area contributed by atoms with Gasteiger partial charge in [-0.3, -0.25) is 9.59 Å². The molecule has 3 N–H and O–H groups in total. The molecular formula is C28H42O7. The molecule has 7 nitrogen and oxygen atoms in total. The van der Waals surface area contributed by atoms with E-state index in [2.05, 4.69) is 20.4 Å². The van der Waals surface area contributed by atoms with Crippen molar-refractivity contribution in [2.24, 2.45) is 39.9 Å². The summed E-state index contributed by atoms with van der Waals surface area (Å²) in [7, 11) is 0. The number of esters is 1. The molecule has 6 fully saturated rings. The van der Waals surface area contributed by atoms with E-state index >= 15 is 0 Å². The molecule has 0 aromatic carbocycles. The summed E-state index contributed by atoms with van der Waals surface area (Å²) in [5.41, 5.74) is -2.60. The van der Waals surface area contributed by atoms with E-state index in [9.17, 15) is 24.9 Å². The number of rotatable bonds is 6. The lowest BCUT2D eigenvalue weighted by atomic mass is 9.35. The number of fused-ring (bicyclic) bond motifs is 2. The smallest absolute Gasteiger partial charge is 0.309 e. The molecule has 2 spiro atoms. The molecule has 4 aliphatic carbocycles. The van der Waals surface area contributed by atoms with Crippen molar-refractivity contribution in [1.82, 2.24) is 0 Å². The average Bonchev–Trinajstić information content (AvgIpc) is 2.92. The molecule has 4 bridgehead atoms. The summed E-state index contributed by atoms with van der Waals surface area (Å²) in [5.74, 6) is -4.57. The Morgan fingerprint density at radius 3 is 2.46 bits per heavy atom. The largest absolute Gasteiger partial charge is 0.460 e. The lowest BCUT2D eigenvalue weighted by molar-refractivity contribution is -0.458. The highest BCUT2D eigenvalue weighted by molar-refractivity contribution is 6.05. The van der Waals surface area contributed by atoms with Crippen LogP contribution in [0.4, 0.5) is 0 Å². The van der Waals surface area contributed by atoms with Crippen molar-refractivity contribution < 1.29 is 34.4 Å². The zero-order chi connectivity index (χ0) is 25.6. The zero-order valence-corrected chi connectivity index (χ0v) is 21.6. The van der Waals surface area contributed by atoms with Crippen LogP contribution in [0.2, 0.25) is 0 Å². The van der Waals surface area contributed by atoms with Crippen LogP contribution in [0, 0.1) is 39.9 Å². The van der Waals surface area contributed by atoms with Gasteiger partial charge < -0.3 is 24.8 Å². The molecule has 6 aliphatic rings. The van der Waals surface area contributed by atoms with Crippen LogP contribution in [0.25, 0.3) is 0 Å². The highest BCUT2D eigenvalue weighted by Crippen LogP contribution is 2.76. The summed E-state index contributed by atoms with van der Waals surface area (Å²) < 4.78 is 12.3. The van der Waals surface area contributed by atoms with Crippen LogP contribution >= 0.6 is 0 Å². The van der Waals surface area contributed by atoms with E-state index in [0.29, 0.717) is 44.1 Å². The second kappa shape index (κ2) is 8.11. The third kappa shape index (κ3) is 2.87. The highest BCUT2D eigenvalue weighted by atomic mass is 16.6. The normalized spacial score (nSPS) is 47.5. The molecule has 0 unspecified atom stereocenters. The summed E-state index contributed by atoms with van der Waals surface area (Å²) in [5, 5.41) is 35.5. The molecule has 0 amide bonds. The molecular weight excluding hydrogens is 448 g/mol. The van der Waals surface area contributed by atoms with Gasteiger partial charge in [-0.25, -0.2) is 0 Å². The van der Waals surface area contributed by atoms with Crippen molar-refractivity contribution in [1.29, 1.82) is 0 Å². The molecule has 35 heavy (non-hydrogen) atoms. The quantitative estimate of drug-likeness (QED) is 0.387. The van der Waals surface area contributed by atoms with Gasteiger partial charge in [0.15, 0.2) is 5.78 Å². The van der Waals surface area contributed by atoms with E-state index in [1.54, 1.807) is 0 Å². The van der Waals surface area contributed by atoms with Crippen LogP contribution in [-0.4, -0.2) is 57.8 Å². The first kappa shape index (κ1) is 25.4. The monoisotopic (exact) mass is 490 g/mol. The van der Waals surface area contributed by atoms with Gasteiger partial charge in [0.1, 0.15) is 17.6 Å². The number of Topliss-reactive ketones (excluding diaryl/α,β-unsaturated/α-hetero) is 1.